The predicted molar refractivity (Wildman–Crippen MR) is 79.5 cm³/mol. The summed E-state index contributed by atoms with van der Waals surface area (Å²) in [5.74, 6) is 0.790. The van der Waals surface area contributed by atoms with Gasteiger partial charge in [-0.1, -0.05) is 67.2 Å². The first kappa shape index (κ1) is 17.0. The summed E-state index contributed by atoms with van der Waals surface area (Å²) in [5, 5.41) is 3.66. The third-order valence-electron chi connectivity index (χ3n) is 4.02. The van der Waals surface area contributed by atoms with E-state index in [1.165, 1.54) is 38.5 Å². The van der Waals surface area contributed by atoms with Crippen molar-refractivity contribution >= 4 is 0 Å². The first-order chi connectivity index (χ1) is 7.91. The minimum absolute atomic E-state index is 0.442. The van der Waals surface area contributed by atoms with Crippen LogP contribution < -0.4 is 5.32 Å². The van der Waals surface area contributed by atoms with Gasteiger partial charge in [0.1, 0.15) is 0 Å². The molecular weight excluding hydrogens is 206 g/mol. The number of nitrogens with one attached hydrogen (secondary N) is 1. The van der Waals surface area contributed by atoms with Crippen molar-refractivity contribution in [3.8, 4) is 0 Å². The van der Waals surface area contributed by atoms with E-state index in [-0.39, 0.29) is 0 Å². The van der Waals surface area contributed by atoms with E-state index in [1.807, 2.05) is 0 Å². The maximum absolute atomic E-state index is 3.66. The van der Waals surface area contributed by atoms with Gasteiger partial charge in [0.05, 0.1) is 0 Å². The molecule has 0 saturated heterocycles. The largest absolute Gasteiger partial charge is 0.314 e. The van der Waals surface area contributed by atoms with Crippen LogP contribution in [0.15, 0.2) is 0 Å². The van der Waals surface area contributed by atoms with Crippen LogP contribution >= 0.6 is 0 Å². The van der Waals surface area contributed by atoms with Crippen molar-refractivity contribution in [3.63, 3.8) is 0 Å². The highest BCUT2D eigenvalue weighted by Crippen LogP contribution is 2.30. The van der Waals surface area contributed by atoms with Gasteiger partial charge in [0.25, 0.3) is 0 Å². The van der Waals surface area contributed by atoms with Crippen molar-refractivity contribution in [3.05, 3.63) is 0 Å². The van der Waals surface area contributed by atoms with Gasteiger partial charge in [-0.05, 0) is 30.7 Å². The fourth-order valence-electron chi connectivity index (χ4n) is 2.19. The lowest BCUT2D eigenvalue weighted by atomic mass is 9.78. The highest BCUT2D eigenvalue weighted by Gasteiger charge is 2.22. The highest BCUT2D eigenvalue weighted by atomic mass is 14.9. The molecule has 0 heterocycles. The molecular formula is C16H35N. The van der Waals surface area contributed by atoms with Crippen molar-refractivity contribution in [1.82, 2.24) is 5.32 Å². The van der Waals surface area contributed by atoms with Gasteiger partial charge >= 0.3 is 0 Å². The van der Waals surface area contributed by atoms with Gasteiger partial charge in [0.15, 0.2) is 0 Å². The topological polar surface area (TPSA) is 12.0 Å². The fourth-order valence-corrected chi connectivity index (χ4v) is 2.19. The van der Waals surface area contributed by atoms with Crippen LogP contribution in [0.3, 0.4) is 0 Å². The Labute approximate surface area is 110 Å². The molecule has 0 aliphatic rings. The van der Waals surface area contributed by atoms with Crippen molar-refractivity contribution in [2.24, 2.45) is 11.3 Å². The second-order valence-corrected chi connectivity index (χ2v) is 6.61. The molecule has 104 valence electrons. The van der Waals surface area contributed by atoms with Crippen molar-refractivity contribution in [2.45, 2.75) is 86.1 Å². The Bertz CT molecular complexity index is 169. The summed E-state index contributed by atoms with van der Waals surface area (Å²) in [5.41, 5.74) is 0.442. The van der Waals surface area contributed by atoms with E-state index < -0.39 is 0 Å². The molecule has 0 bridgehead atoms. The van der Waals surface area contributed by atoms with E-state index in [2.05, 4.69) is 46.9 Å². The predicted octanol–water partition coefficient (Wildman–Crippen LogP) is 5.01. The summed E-state index contributed by atoms with van der Waals surface area (Å²) in [6.07, 6.45) is 8.21. The van der Waals surface area contributed by atoms with Crippen LogP contribution in [0.25, 0.3) is 0 Å². The number of hydrogen-bond acceptors (Lipinski definition) is 1. The van der Waals surface area contributed by atoms with Crippen LogP contribution in [0, 0.1) is 11.3 Å². The lowest BCUT2D eigenvalue weighted by Gasteiger charge is -2.31. The molecule has 0 aliphatic heterocycles. The normalized spacial score (nSPS) is 15.9. The molecule has 0 rings (SSSR count). The molecule has 0 spiro atoms. The second-order valence-electron chi connectivity index (χ2n) is 6.61. The number of unbranched alkanes of at least 4 members (excludes halogenated alkanes) is 3. The van der Waals surface area contributed by atoms with Crippen LogP contribution in [0.5, 0.6) is 0 Å². The maximum Gasteiger partial charge on any atom is 0.00696 e. The Balaban J connectivity index is 3.97. The smallest absolute Gasteiger partial charge is 0.00696 e. The third kappa shape index (κ3) is 8.65. The lowest BCUT2D eigenvalue weighted by Crippen LogP contribution is -2.33. The number of rotatable bonds is 9. The molecule has 2 atom stereocenters. The van der Waals surface area contributed by atoms with Crippen molar-refractivity contribution in [1.29, 1.82) is 0 Å². The summed E-state index contributed by atoms with van der Waals surface area (Å²) in [6, 6.07) is 0.728. The molecule has 0 saturated carbocycles. The second kappa shape index (κ2) is 8.97. The molecule has 17 heavy (non-hydrogen) atoms. The Morgan fingerprint density at radius 1 is 1.00 bits per heavy atom. The first-order valence-corrected chi connectivity index (χ1v) is 7.65. The van der Waals surface area contributed by atoms with E-state index in [1.54, 1.807) is 0 Å². The zero-order chi connectivity index (χ0) is 13.3. The van der Waals surface area contributed by atoms with Crippen LogP contribution in [-0.4, -0.2) is 12.6 Å². The molecule has 0 aromatic rings. The summed E-state index contributed by atoms with van der Waals surface area (Å²) in [4.78, 5) is 0. The lowest BCUT2D eigenvalue weighted by molar-refractivity contribution is 0.218. The van der Waals surface area contributed by atoms with Crippen LogP contribution in [0.1, 0.15) is 80.1 Å². The van der Waals surface area contributed by atoms with Crippen LogP contribution in [0.2, 0.25) is 0 Å². The average Bonchev–Trinajstić information content (AvgIpc) is 2.23. The molecule has 1 N–H and O–H groups in total. The summed E-state index contributed by atoms with van der Waals surface area (Å²) in [7, 11) is 0. The van der Waals surface area contributed by atoms with Gasteiger partial charge in [-0.3, -0.25) is 0 Å². The third-order valence-corrected chi connectivity index (χ3v) is 4.02. The molecule has 0 aromatic heterocycles. The van der Waals surface area contributed by atoms with E-state index in [9.17, 15) is 0 Å². The van der Waals surface area contributed by atoms with E-state index >= 15 is 0 Å². The quantitative estimate of drug-likeness (QED) is 0.560. The molecule has 0 amide bonds. The van der Waals surface area contributed by atoms with E-state index in [4.69, 9.17) is 0 Å². The summed E-state index contributed by atoms with van der Waals surface area (Å²) < 4.78 is 0. The maximum atomic E-state index is 3.66. The van der Waals surface area contributed by atoms with Gasteiger partial charge < -0.3 is 5.32 Å². The van der Waals surface area contributed by atoms with E-state index in [0.717, 1.165) is 18.5 Å². The number of hydrogen-bond donors (Lipinski definition) is 1. The Morgan fingerprint density at radius 2 is 1.65 bits per heavy atom. The minimum atomic E-state index is 0.442. The zero-order valence-electron chi connectivity index (χ0n) is 13.1. The molecule has 2 unspecified atom stereocenters. The van der Waals surface area contributed by atoms with Gasteiger partial charge in [0, 0.05) is 6.04 Å². The first-order valence-electron chi connectivity index (χ1n) is 7.65. The monoisotopic (exact) mass is 241 g/mol. The Kier molecular flexibility index (Phi) is 8.94. The van der Waals surface area contributed by atoms with Gasteiger partial charge in [0.2, 0.25) is 0 Å². The van der Waals surface area contributed by atoms with Crippen molar-refractivity contribution < 1.29 is 0 Å². The standard InChI is InChI=1S/C16H35N/c1-7-9-10-11-12-15(17-8-2)13-14(3)16(4,5)6/h14-15,17H,7-13H2,1-6H3. The summed E-state index contributed by atoms with van der Waals surface area (Å²) in [6.45, 7) is 15.1. The molecule has 0 radical (unpaired) electrons. The molecule has 1 heteroatoms. The van der Waals surface area contributed by atoms with Crippen molar-refractivity contribution in [2.75, 3.05) is 6.54 Å². The fraction of sp³-hybridized carbons (Fsp3) is 1.00. The van der Waals surface area contributed by atoms with Crippen LogP contribution in [-0.2, 0) is 0 Å². The average molecular weight is 241 g/mol. The Hall–Kier alpha value is -0.0400. The zero-order valence-corrected chi connectivity index (χ0v) is 13.1. The summed E-state index contributed by atoms with van der Waals surface area (Å²) >= 11 is 0. The SMILES string of the molecule is CCCCCCC(CC(C)C(C)(C)C)NCC. The van der Waals surface area contributed by atoms with Gasteiger partial charge in [-0.25, -0.2) is 0 Å². The molecule has 0 aromatic carbocycles. The van der Waals surface area contributed by atoms with Crippen LogP contribution in [0.4, 0.5) is 0 Å². The molecule has 0 aliphatic carbocycles. The van der Waals surface area contributed by atoms with Gasteiger partial charge in [-0.15, -0.1) is 0 Å². The Morgan fingerprint density at radius 3 is 2.12 bits per heavy atom. The highest BCUT2D eigenvalue weighted by molar-refractivity contribution is 4.76. The minimum Gasteiger partial charge on any atom is -0.314 e. The molecule has 0 fully saturated rings. The van der Waals surface area contributed by atoms with E-state index in [0.29, 0.717) is 5.41 Å². The van der Waals surface area contributed by atoms with Gasteiger partial charge in [-0.2, -0.15) is 0 Å². The molecule has 1 nitrogen and oxygen atoms in total.